The van der Waals surface area contributed by atoms with Crippen molar-refractivity contribution in [3.8, 4) is 0 Å². The van der Waals surface area contributed by atoms with Crippen LogP contribution in [0.4, 0.5) is 0 Å². The summed E-state index contributed by atoms with van der Waals surface area (Å²) in [5.74, 6) is -1.14. The van der Waals surface area contributed by atoms with Crippen molar-refractivity contribution in [2.24, 2.45) is 11.8 Å². The molecule has 0 bridgehead atoms. The molecule has 0 spiro atoms. The first kappa shape index (κ1) is 12.8. The first-order valence-corrected chi connectivity index (χ1v) is 6.42. The minimum Gasteiger partial charge on any atom is -0.355 e. The van der Waals surface area contributed by atoms with Gasteiger partial charge in [0.05, 0.1) is 11.8 Å². The number of likely N-dealkylation sites (tertiary alicyclic amines) is 1. The number of nitrogens with zero attached hydrogens (tertiary/aromatic N) is 1. The summed E-state index contributed by atoms with van der Waals surface area (Å²) in [4.78, 5) is 36.8. The van der Waals surface area contributed by atoms with Gasteiger partial charge >= 0.3 is 0 Å². The summed E-state index contributed by atoms with van der Waals surface area (Å²) in [6, 6.07) is 0. The van der Waals surface area contributed by atoms with Gasteiger partial charge in [0.15, 0.2) is 0 Å². The van der Waals surface area contributed by atoms with Gasteiger partial charge in [0.1, 0.15) is 6.54 Å². The van der Waals surface area contributed by atoms with Crippen LogP contribution in [0.5, 0.6) is 0 Å². The number of hydrogen-bond acceptors (Lipinski definition) is 3. The highest BCUT2D eigenvalue weighted by atomic mass is 16.2. The maximum Gasteiger partial charge on any atom is 0.240 e. The van der Waals surface area contributed by atoms with Crippen molar-refractivity contribution < 1.29 is 14.4 Å². The van der Waals surface area contributed by atoms with Crippen LogP contribution in [0.15, 0.2) is 12.2 Å². The highest BCUT2D eigenvalue weighted by Gasteiger charge is 2.47. The van der Waals surface area contributed by atoms with Crippen molar-refractivity contribution in [3.63, 3.8) is 0 Å². The summed E-state index contributed by atoms with van der Waals surface area (Å²) in [5.41, 5.74) is 0. The van der Waals surface area contributed by atoms with Crippen LogP contribution >= 0.6 is 0 Å². The zero-order valence-corrected chi connectivity index (χ0v) is 10.5. The number of rotatable bonds is 4. The number of carbonyl (C=O) groups is 3. The van der Waals surface area contributed by atoms with Gasteiger partial charge in [-0.1, -0.05) is 19.1 Å². The van der Waals surface area contributed by atoms with Gasteiger partial charge in [0.2, 0.25) is 17.7 Å². The SMILES string of the molecule is CCCNC(=O)CN1C(=O)[C@H]2CC=CC[C@H]2C1=O. The summed E-state index contributed by atoms with van der Waals surface area (Å²) in [7, 11) is 0. The molecule has 1 heterocycles. The predicted octanol–water partition coefficient (Wildman–Crippen LogP) is 0.464. The molecule has 0 saturated carbocycles. The minimum absolute atomic E-state index is 0.134. The second kappa shape index (κ2) is 5.33. The maximum absolute atomic E-state index is 12.1. The van der Waals surface area contributed by atoms with Gasteiger partial charge < -0.3 is 5.32 Å². The van der Waals surface area contributed by atoms with Crippen LogP contribution in [0.25, 0.3) is 0 Å². The number of carbonyl (C=O) groups excluding carboxylic acids is 3. The molecule has 0 radical (unpaired) electrons. The quantitative estimate of drug-likeness (QED) is 0.582. The third-order valence-electron chi connectivity index (χ3n) is 3.47. The second-order valence-electron chi connectivity index (χ2n) is 4.77. The van der Waals surface area contributed by atoms with Crippen molar-refractivity contribution in [2.75, 3.05) is 13.1 Å². The molecular formula is C13H18N2O3. The molecular weight excluding hydrogens is 232 g/mol. The lowest BCUT2D eigenvalue weighted by Gasteiger charge is -2.14. The molecule has 1 aliphatic heterocycles. The van der Waals surface area contributed by atoms with Gasteiger partial charge in [-0.25, -0.2) is 0 Å². The summed E-state index contributed by atoms with van der Waals surface area (Å²) < 4.78 is 0. The maximum atomic E-state index is 12.1. The van der Waals surface area contributed by atoms with E-state index in [4.69, 9.17) is 0 Å². The average Bonchev–Trinajstić information content (AvgIpc) is 2.62. The van der Waals surface area contributed by atoms with E-state index in [0.29, 0.717) is 19.4 Å². The summed E-state index contributed by atoms with van der Waals surface area (Å²) in [5, 5.41) is 2.68. The molecule has 5 heteroatoms. The van der Waals surface area contributed by atoms with E-state index < -0.39 is 0 Å². The number of hydrogen-bond donors (Lipinski definition) is 1. The van der Waals surface area contributed by atoms with Gasteiger partial charge in [-0.3, -0.25) is 19.3 Å². The molecule has 5 nitrogen and oxygen atoms in total. The van der Waals surface area contributed by atoms with E-state index in [1.165, 1.54) is 0 Å². The Bertz CT molecular complexity index is 377. The van der Waals surface area contributed by atoms with Crippen molar-refractivity contribution in [3.05, 3.63) is 12.2 Å². The van der Waals surface area contributed by atoms with E-state index in [1.54, 1.807) is 0 Å². The first-order chi connectivity index (χ1) is 8.65. The number of nitrogens with one attached hydrogen (secondary N) is 1. The predicted molar refractivity (Wildman–Crippen MR) is 65.4 cm³/mol. The fourth-order valence-electron chi connectivity index (χ4n) is 2.49. The van der Waals surface area contributed by atoms with Crippen molar-refractivity contribution in [1.82, 2.24) is 10.2 Å². The molecule has 98 valence electrons. The van der Waals surface area contributed by atoms with Crippen molar-refractivity contribution in [1.29, 1.82) is 0 Å². The lowest BCUT2D eigenvalue weighted by atomic mass is 9.85. The molecule has 1 saturated heterocycles. The minimum atomic E-state index is -0.259. The van der Waals surface area contributed by atoms with Gasteiger partial charge in [-0.2, -0.15) is 0 Å². The normalized spacial score (nSPS) is 26.4. The molecule has 2 aliphatic rings. The second-order valence-corrected chi connectivity index (χ2v) is 4.77. The third-order valence-corrected chi connectivity index (χ3v) is 3.47. The number of amides is 3. The lowest BCUT2D eigenvalue weighted by Crippen LogP contribution is -2.41. The molecule has 18 heavy (non-hydrogen) atoms. The van der Waals surface area contributed by atoms with Crippen molar-refractivity contribution in [2.45, 2.75) is 26.2 Å². The Morgan fingerprint density at radius 1 is 1.28 bits per heavy atom. The Balaban J connectivity index is 2.00. The highest BCUT2D eigenvalue weighted by molar-refractivity contribution is 6.07. The van der Waals surface area contributed by atoms with E-state index in [-0.39, 0.29) is 36.1 Å². The molecule has 1 aliphatic carbocycles. The largest absolute Gasteiger partial charge is 0.355 e. The molecule has 1 N–H and O–H groups in total. The van der Waals surface area contributed by atoms with Gasteiger partial charge in [0.25, 0.3) is 0 Å². The van der Waals surface area contributed by atoms with E-state index in [2.05, 4.69) is 5.32 Å². The van der Waals surface area contributed by atoms with E-state index in [1.807, 2.05) is 19.1 Å². The topological polar surface area (TPSA) is 66.5 Å². The Morgan fingerprint density at radius 2 is 1.83 bits per heavy atom. The molecule has 3 amide bonds. The standard InChI is InChI=1S/C13H18N2O3/c1-2-7-14-11(16)8-15-12(17)9-5-3-4-6-10(9)13(15)18/h3-4,9-10H,2,5-8H2,1H3,(H,14,16)/t9-,10+. The van der Waals surface area contributed by atoms with Crippen LogP contribution in [-0.4, -0.2) is 35.7 Å². The average molecular weight is 250 g/mol. The summed E-state index contributed by atoms with van der Waals surface area (Å²) >= 11 is 0. The van der Waals surface area contributed by atoms with Crippen molar-refractivity contribution >= 4 is 17.7 Å². The third kappa shape index (κ3) is 2.30. The van der Waals surface area contributed by atoms with E-state index in [9.17, 15) is 14.4 Å². The molecule has 0 aromatic rings. The molecule has 0 unspecified atom stereocenters. The summed E-state index contributed by atoms with van der Waals surface area (Å²) in [6.45, 7) is 2.39. The van der Waals surface area contributed by atoms with E-state index >= 15 is 0 Å². The van der Waals surface area contributed by atoms with Crippen LogP contribution in [0.1, 0.15) is 26.2 Å². The van der Waals surface area contributed by atoms with E-state index in [0.717, 1.165) is 11.3 Å². The molecule has 0 aromatic heterocycles. The lowest BCUT2D eigenvalue weighted by molar-refractivity contribution is -0.143. The fourth-order valence-corrected chi connectivity index (χ4v) is 2.49. The molecule has 2 atom stereocenters. The molecule has 0 aromatic carbocycles. The van der Waals surface area contributed by atoms with Crippen LogP contribution in [-0.2, 0) is 14.4 Å². The summed E-state index contributed by atoms with van der Waals surface area (Å²) in [6.07, 6.45) is 5.94. The fraction of sp³-hybridized carbons (Fsp3) is 0.615. The monoisotopic (exact) mass is 250 g/mol. The smallest absolute Gasteiger partial charge is 0.240 e. The number of allylic oxidation sites excluding steroid dienone is 2. The van der Waals surface area contributed by atoms with Gasteiger partial charge in [-0.05, 0) is 19.3 Å². The Labute approximate surface area is 106 Å². The number of imide groups is 1. The molecule has 1 fully saturated rings. The number of fused-ring (bicyclic) bond motifs is 1. The van der Waals surface area contributed by atoms with Crippen LogP contribution in [0.3, 0.4) is 0 Å². The molecule has 2 rings (SSSR count). The first-order valence-electron chi connectivity index (χ1n) is 6.42. The van der Waals surface area contributed by atoms with Gasteiger partial charge in [0, 0.05) is 6.54 Å². The van der Waals surface area contributed by atoms with Crippen LogP contribution in [0, 0.1) is 11.8 Å². The van der Waals surface area contributed by atoms with Crippen LogP contribution in [0.2, 0.25) is 0 Å². The Kier molecular flexibility index (Phi) is 3.79. The van der Waals surface area contributed by atoms with Crippen LogP contribution < -0.4 is 5.32 Å². The zero-order valence-electron chi connectivity index (χ0n) is 10.5. The Morgan fingerprint density at radius 3 is 2.33 bits per heavy atom. The highest BCUT2D eigenvalue weighted by Crippen LogP contribution is 2.34. The Hall–Kier alpha value is -1.65. The van der Waals surface area contributed by atoms with Gasteiger partial charge in [-0.15, -0.1) is 0 Å². The zero-order chi connectivity index (χ0) is 13.1.